The number of rotatable bonds is 0. The van der Waals surface area contributed by atoms with Crippen LogP contribution in [0.4, 0.5) is 0 Å². The second kappa shape index (κ2) is 16.0. The molecular formula is H7Na3O3Si. The molecule has 7 heavy (non-hydrogen) atoms. The Labute approximate surface area is 115 Å². The molecule has 0 radical (unpaired) electrons. The molecule has 0 amide bonds. The largest absolute Gasteiger partial charge is 1.00 e. The fraction of sp³-hybridized carbons (Fsp3) is 0. The first-order chi connectivity index (χ1) is 1.73. The second-order valence-electron chi connectivity index (χ2n) is 0.346. The van der Waals surface area contributed by atoms with Crippen LogP contribution in [0.5, 0.6) is 0 Å². The van der Waals surface area contributed by atoms with Gasteiger partial charge in [-0.1, -0.05) is 0 Å². The van der Waals surface area contributed by atoms with Crippen LogP contribution in [0.2, 0.25) is 0 Å². The third-order valence-electron chi connectivity index (χ3n) is 0. The van der Waals surface area contributed by atoms with Crippen molar-refractivity contribution in [2.24, 2.45) is 0 Å². The predicted molar refractivity (Wildman–Crippen MR) is 17.1 cm³/mol. The van der Waals surface area contributed by atoms with Crippen molar-refractivity contribution >= 4 is 9.53 Å². The smallest absolute Gasteiger partial charge is 1.00 e. The van der Waals surface area contributed by atoms with E-state index in [1.165, 1.54) is 0 Å². The van der Waals surface area contributed by atoms with E-state index in [4.69, 9.17) is 14.4 Å². The summed E-state index contributed by atoms with van der Waals surface area (Å²) in [5.41, 5.74) is 0. The Morgan fingerprint density at radius 1 is 0.857 bits per heavy atom. The van der Waals surface area contributed by atoms with Crippen LogP contribution in [0.25, 0.3) is 0 Å². The van der Waals surface area contributed by atoms with Crippen molar-refractivity contribution in [3.05, 3.63) is 0 Å². The van der Waals surface area contributed by atoms with E-state index in [-0.39, 0.29) is 93.0 Å². The maximum atomic E-state index is 7.31. The van der Waals surface area contributed by atoms with Gasteiger partial charge < -0.3 is 18.7 Å². The molecule has 0 aromatic rings. The summed E-state index contributed by atoms with van der Waals surface area (Å²) in [6, 6.07) is 0. The van der Waals surface area contributed by atoms with E-state index in [1.807, 2.05) is 0 Å². The van der Waals surface area contributed by atoms with E-state index in [9.17, 15) is 0 Å². The molecule has 0 aliphatic rings. The second-order valence-corrected chi connectivity index (χ2v) is 1.04. The van der Waals surface area contributed by atoms with Crippen LogP contribution in [0.15, 0.2) is 0 Å². The molecule has 0 aromatic heterocycles. The standard InChI is InChI=1S/3Na.H4O3Si.3H/c;;;1-4(2)3;;;/h;;;1-4H;;;/q3*+1;;3*-1. The van der Waals surface area contributed by atoms with Gasteiger partial charge in [0.15, 0.2) is 0 Å². The Hall–Kier alpha value is 3.10. The Kier molecular flexibility index (Phi) is 51.5. The van der Waals surface area contributed by atoms with E-state index in [0.717, 1.165) is 0 Å². The van der Waals surface area contributed by atoms with Gasteiger partial charge in [0.05, 0.1) is 0 Å². The zero-order chi connectivity index (χ0) is 3.58. The fourth-order valence-electron chi connectivity index (χ4n) is 0. The maximum absolute atomic E-state index is 7.31. The molecule has 0 saturated carbocycles. The van der Waals surface area contributed by atoms with E-state index in [1.54, 1.807) is 0 Å². The van der Waals surface area contributed by atoms with Crippen molar-refractivity contribution in [2.75, 3.05) is 0 Å². The van der Waals surface area contributed by atoms with Gasteiger partial charge in [0.2, 0.25) is 0 Å². The third kappa shape index (κ3) is 47.8. The van der Waals surface area contributed by atoms with Crippen LogP contribution in [0.3, 0.4) is 0 Å². The average Bonchev–Trinajstić information content (AvgIpc) is 0.811. The normalized spacial score (nSPS) is 5.14. The van der Waals surface area contributed by atoms with E-state index in [2.05, 4.69) is 0 Å². The molecule has 0 aromatic carbocycles. The van der Waals surface area contributed by atoms with Gasteiger partial charge in [0, 0.05) is 0 Å². The average molecular weight is 152 g/mol. The van der Waals surface area contributed by atoms with Crippen LogP contribution in [-0.2, 0) is 0 Å². The van der Waals surface area contributed by atoms with Crippen molar-refractivity contribution in [1.82, 2.24) is 0 Å². The first kappa shape index (κ1) is 22.5. The Bertz CT molecular complexity index is 23.7. The SMILES string of the molecule is O[SiH](O)O.[H-].[H-].[H-].[Na+].[Na+].[Na+]. The summed E-state index contributed by atoms with van der Waals surface area (Å²) in [5, 5.41) is 0. The molecule has 0 fully saturated rings. The molecule has 0 bridgehead atoms. The summed E-state index contributed by atoms with van der Waals surface area (Å²) in [5.74, 6) is 0. The fourth-order valence-corrected chi connectivity index (χ4v) is 0. The van der Waals surface area contributed by atoms with Crippen molar-refractivity contribution in [1.29, 1.82) is 0 Å². The maximum Gasteiger partial charge on any atom is 1.00 e. The van der Waals surface area contributed by atoms with Crippen LogP contribution in [-0.4, -0.2) is 23.9 Å². The molecule has 0 rings (SSSR count). The molecule has 0 saturated heterocycles. The van der Waals surface area contributed by atoms with Crippen LogP contribution in [0.1, 0.15) is 4.28 Å². The molecular weight excluding hydrogens is 145 g/mol. The number of hydrogen-bond donors (Lipinski definition) is 3. The first-order valence-electron chi connectivity index (χ1n) is 0.775. The molecule has 0 heterocycles. The zero-order valence-corrected chi connectivity index (χ0v) is 12.1. The van der Waals surface area contributed by atoms with Crippen molar-refractivity contribution in [2.45, 2.75) is 0 Å². The van der Waals surface area contributed by atoms with E-state index >= 15 is 0 Å². The minimum Gasteiger partial charge on any atom is -1.00 e. The summed E-state index contributed by atoms with van der Waals surface area (Å²) in [6.07, 6.45) is 0. The Morgan fingerprint density at radius 2 is 0.857 bits per heavy atom. The Morgan fingerprint density at radius 3 is 0.857 bits per heavy atom. The van der Waals surface area contributed by atoms with Gasteiger partial charge in [0.25, 0.3) is 0 Å². The van der Waals surface area contributed by atoms with Gasteiger partial charge in [-0.3, -0.25) is 0 Å². The summed E-state index contributed by atoms with van der Waals surface area (Å²) >= 11 is 0. The molecule has 3 nitrogen and oxygen atoms in total. The number of hydrogen-bond acceptors (Lipinski definition) is 3. The summed E-state index contributed by atoms with van der Waals surface area (Å²) in [7, 11) is -3.14. The van der Waals surface area contributed by atoms with Gasteiger partial charge in [-0.05, 0) is 0 Å². The topological polar surface area (TPSA) is 60.7 Å². The van der Waals surface area contributed by atoms with Gasteiger partial charge in [-0.25, -0.2) is 0 Å². The van der Waals surface area contributed by atoms with Gasteiger partial charge >= 0.3 is 98.2 Å². The minimum absolute atomic E-state index is 0. The quantitative estimate of drug-likeness (QED) is 0.302. The summed E-state index contributed by atoms with van der Waals surface area (Å²) in [4.78, 5) is 21.9. The molecule has 0 atom stereocenters. The molecule has 0 aliphatic carbocycles. The summed E-state index contributed by atoms with van der Waals surface area (Å²) < 4.78 is 0. The molecule has 7 heteroatoms. The molecule has 0 spiro atoms. The molecule has 32 valence electrons. The van der Waals surface area contributed by atoms with Gasteiger partial charge in [-0.2, -0.15) is 0 Å². The van der Waals surface area contributed by atoms with Crippen LogP contribution in [0, 0.1) is 0 Å². The molecule has 0 aliphatic heterocycles. The van der Waals surface area contributed by atoms with Crippen molar-refractivity contribution in [3.8, 4) is 0 Å². The monoisotopic (exact) mass is 152 g/mol. The van der Waals surface area contributed by atoms with Crippen molar-refractivity contribution in [3.63, 3.8) is 0 Å². The molecule has 0 unspecified atom stereocenters. The van der Waals surface area contributed by atoms with E-state index < -0.39 is 9.53 Å². The first-order valence-corrected chi connectivity index (χ1v) is 2.32. The van der Waals surface area contributed by atoms with Crippen LogP contribution >= 0.6 is 0 Å². The zero-order valence-electron chi connectivity index (χ0n) is 7.92. The van der Waals surface area contributed by atoms with Gasteiger partial charge in [0.1, 0.15) is 0 Å². The Balaban J connectivity index is -0.00000000300. The summed E-state index contributed by atoms with van der Waals surface area (Å²) in [6.45, 7) is 0. The molecule has 3 N–H and O–H groups in total. The third-order valence-corrected chi connectivity index (χ3v) is 0. The van der Waals surface area contributed by atoms with E-state index in [0.29, 0.717) is 0 Å². The predicted octanol–water partition coefficient (Wildman–Crippen LogP) is -11.0. The minimum atomic E-state index is -3.14. The van der Waals surface area contributed by atoms with Crippen molar-refractivity contribution < 1.29 is 107 Å². The van der Waals surface area contributed by atoms with Crippen LogP contribution < -0.4 is 88.7 Å². The van der Waals surface area contributed by atoms with Gasteiger partial charge in [-0.15, -0.1) is 0 Å².